The number of rotatable bonds is 6. The number of hydrogen-bond donors (Lipinski definition) is 1. The van der Waals surface area contributed by atoms with Crippen LogP contribution in [-0.4, -0.2) is 31.4 Å². The second-order valence-electron chi connectivity index (χ2n) is 4.34. The van der Waals surface area contributed by atoms with Crippen LogP contribution in [0, 0.1) is 5.92 Å². The molecule has 1 atom stereocenters. The van der Waals surface area contributed by atoms with Crippen molar-refractivity contribution in [3.63, 3.8) is 0 Å². The van der Waals surface area contributed by atoms with Crippen LogP contribution in [0.2, 0.25) is 0 Å². The Hall–Kier alpha value is -1.35. The van der Waals surface area contributed by atoms with Gasteiger partial charge in [-0.1, -0.05) is 37.3 Å². The molecule has 0 bridgehead atoms. The van der Waals surface area contributed by atoms with Crippen LogP contribution in [0.15, 0.2) is 30.3 Å². The Morgan fingerprint density at radius 3 is 2.53 bits per heavy atom. The maximum Gasteiger partial charge on any atom is 0.226 e. The van der Waals surface area contributed by atoms with E-state index in [9.17, 15) is 4.79 Å². The Morgan fingerprint density at radius 1 is 1.35 bits per heavy atom. The standard InChI is InChI=1S/C14H22N2O/c1-4-13(10-15-2)14(17)16(3)11-12-8-6-5-7-9-12/h5-9,13,15H,4,10-11H2,1-3H3. The molecule has 0 spiro atoms. The monoisotopic (exact) mass is 234 g/mol. The third kappa shape index (κ3) is 4.19. The number of hydrogen-bond acceptors (Lipinski definition) is 2. The lowest BCUT2D eigenvalue weighted by Crippen LogP contribution is -2.36. The minimum atomic E-state index is 0.0775. The van der Waals surface area contributed by atoms with Gasteiger partial charge in [0.1, 0.15) is 0 Å². The SMILES string of the molecule is CCC(CNC)C(=O)N(C)Cc1ccccc1. The molecule has 0 aliphatic heterocycles. The Morgan fingerprint density at radius 2 is 2.00 bits per heavy atom. The zero-order valence-corrected chi connectivity index (χ0v) is 10.9. The van der Waals surface area contributed by atoms with E-state index in [0.29, 0.717) is 6.54 Å². The van der Waals surface area contributed by atoms with Crippen molar-refractivity contribution < 1.29 is 4.79 Å². The molecule has 3 nitrogen and oxygen atoms in total. The van der Waals surface area contributed by atoms with Gasteiger partial charge in [0.15, 0.2) is 0 Å². The van der Waals surface area contributed by atoms with E-state index in [2.05, 4.69) is 12.2 Å². The molecule has 94 valence electrons. The van der Waals surface area contributed by atoms with E-state index < -0.39 is 0 Å². The molecular formula is C14H22N2O. The maximum atomic E-state index is 12.2. The lowest BCUT2D eigenvalue weighted by Gasteiger charge is -2.23. The third-order valence-electron chi connectivity index (χ3n) is 2.93. The molecule has 17 heavy (non-hydrogen) atoms. The highest BCUT2D eigenvalue weighted by Crippen LogP contribution is 2.09. The summed E-state index contributed by atoms with van der Waals surface area (Å²) in [5.74, 6) is 0.291. The van der Waals surface area contributed by atoms with Crippen LogP contribution in [0.5, 0.6) is 0 Å². The van der Waals surface area contributed by atoms with E-state index in [1.165, 1.54) is 5.56 Å². The summed E-state index contributed by atoms with van der Waals surface area (Å²) in [4.78, 5) is 14.0. The summed E-state index contributed by atoms with van der Waals surface area (Å²) in [5, 5.41) is 3.07. The summed E-state index contributed by atoms with van der Waals surface area (Å²) in [7, 11) is 3.75. The van der Waals surface area contributed by atoms with Crippen molar-refractivity contribution in [2.24, 2.45) is 5.92 Å². The molecule has 0 saturated carbocycles. The van der Waals surface area contributed by atoms with Gasteiger partial charge in [0.25, 0.3) is 0 Å². The zero-order valence-electron chi connectivity index (χ0n) is 10.9. The number of carbonyl (C=O) groups is 1. The average Bonchev–Trinajstić information content (AvgIpc) is 2.36. The first-order valence-electron chi connectivity index (χ1n) is 6.12. The lowest BCUT2D eigenvalue weighted by atomic mass is 10.0. The van der Waals surface area contributed by atoms with Crippen molar-refractivity contribution in [3.05, 3.63) is 35.9 Å². The highest BCUT2D eigenvalue weighted by Gasteiger charge is 2.19. The predicted octanol–water partition coefficient (Wildman–Crippen LogP) is 1.89. The summed E-state index contributed by atoms with van der Waals surface area (Å²) >= 11 is 0. The van der Waals surface area contributed by atoms with Crippen molar-refractivity contribution >= 4 is 5.91 Å². The molecule has 0 radical (unpaired) electrons. The van der Waals surface area contributed by atoms with E-state index in [1.807, 2.05) is 44.4 Å². The van der Waals surface area contributed by atoms with Crippen molar-refractivity contribution in [2.75, 3.05) is 20.6 Å². The number of nitrogens with zero attached hydrogens (tertiary/aromatic N) is 1. The highest BCUT2D eigenvalue weighted by molar-refractivity contribution is 5.78. The van der Waals surface area contributed by atoms with Gasteiger partial charge in [-0.05, 0) is 19.0 Å². The Balaban J connectivity index is 2.57. The minimum absolute atomic E-state index is 0.0775. The van der Waals surface area contributed by atoms with Crippen LogP contribution in [0.4, 0.5) is 0 Å². The largest absolute Gasteiger partial charge is 0.341 e. The molecule has 0 saturated heterocycles. The van der Waals surface area contributed by atoms with E-state index in [1.54, 1.807) is 4.90 Å². The van der Waals surface area contributed by atoms with Gasteiger partial charge in [0.2, 0.25) is 5.91 Å². The van der Waals surface area contributed by atoms with Gasteiger partial charge in [0, 0.05) is 20.1 Å². The molecule has 1 amide bonds. The molecule has 1 unspecified atom stereocenters. The van der Waals surface area contributed by atoms with Crippen LogP contribution in [0.1, 0.15) is 18.9 Å². The molecular weight excluding hydrogens is 212 g/mol. The molecule has 1 aromatic rings. The molecule has 0 fully saturated rings. The third-order valence-corrected chi connectivity index (χ3v) is 2.93. The summed E-state index contributed by atoms with van der Waals surface area (Å²) in [6.07, 6.45) is 0.874. The van der Waals surface area contributed by atoms with Crippen LogP contribution in [0.3, 0.4) is 0 Å². The molecule has 1 N–H and O–H groups in total. The topological polar surface area (TPSA) is 32.3 Å². The first-order valence-corrected chi connectivity index (χ1v) is 6.12. The molecule has 3 heteroatoms. The van der Waals surface area contributed by atoms with Gasteiger partial charge >= 0.3 is 0 Å². The van der Waals surface area contributed by atoms with Gasteiger partial charge in [-0.15, -0.1) is 0 Å². The summed E-state index contributed by atoms with van der Waals surface area (Å²) in [6, 6.07) is 10.1. The summed E-state index contributed by atoms with van der Waals surface area (Å²) in [6.45, 7) is 3.48. The lowest BCUT2D eigenvalue weighted by molar-refractivity contribution is -0.134. The van der Waals surface area contributed by atoms with Crippen molar-refractivity contribution in [1.29, 1.82) is 0 Å². The van der Waals surface area contributed by atoms with E-state index in [0.717, 1.165) is 13.0 Å². The highest BCUT2D eigenvalue weighted by atomic mass is 16.2. The van der Waals surface area contributed by atoms with Crippen LogP contribution < -0.4 is 5.32 Å². The van der Waals surface area contributed by atoms with Crippen LogP contribution in [0.25, 0.3) is 0 Å². The van der Waals surface area contributed by atoms with Gasteiger partial charge in [-0.25, -0.2) is 0 Å². The smallest absolute Gasteiger partial charge is 0.226 e. The zero-order chi connectivity index (χ0) is 12.7. The van der Waals surface area contributed by atoms with Gasteiger partial charge in [0.05, 0.1) is 5.92 Å². The predicted molar refractivity (Wildman–Crippen MR) is 70.6 cm³/mol. The molecule has 0 aliphatic rings. The quantitative estimate of drug-likeness (QED) is 0.815. The van der Waals surface area contributed by atoms with E-state index >= 15 is 0 Å². The summed E-state index contributed by atoms with van der Waals surface area (Å²) < 4.78 is 0. The Kier molecular flexibility index (Phi) is 5.70. The van der Waals surface area contributed by atoms with Crippen molar-refractivity contribution in [2.45, 2.75) is 19.9 Å². The first kappa shape index (κ1) is 13.7. The van der Waals surface area contributed by atoms with Crippen molar-refractivity contribution in [3.8, 4) is 0 Å². The first-order chi connectivity index (χ1) is 8.19. The fraction of sp³-hybridized carbons (Fsp3) is 0.500. The van der Waals surface area contributed by atoms with Gasteiger partial charge in [-0.3, -0.25) is 4.79 Å². The fourth-order valence-corrected chi connectivity index (χ4v) is 1.90. The molecule has 0 heterocycles. The van der Waals surface area contributed by atoms with E-state index in [4.69, 9.17) is 0 Å². The fourth-order valence-electron chi connectivity index (χ4n) is 1.90. The number of carbonyl (C=O) groups excluding carboxylic acids is 1. The second-order valence-corrected chi connectivity index (χ2v) is 4.34. The molecule has 1 rings (SSSR count). The second kappa shape index (κ2) is 7.07. The minimum Gasteiger partial charge on any atom is -0.341 e. The Labute approximate surface area is 104 Å². The van der Waals surface area contributed by atoms with Crippen LogP contribution in [-0.2, 0) is 11.3 Å². The Bertz CT molecular complexity index is 337. The molecule has 0 aromatic heterocycles. The number of amides is 1. The van der Waals surface area contributed by atoms with Crippen molar-refractivity contribution in [1.82, 2.24) is 10.2 Å². The number of benzene rings is 1. The normalized spacial score (nSPS) is 12.2. The maximum absolute atomic E-state index is 12.2. The van der Waals surface area contributed by atoms with E-state index in [-0.39, 0.29) is 11.8 Å². The molecule has 0 aliphatic carbocycles. The average molecular weight is 234 g/mol. The number of nitrogens with one attached hydrogen (secondary N) is 1. The van der Waals surface area contributed by atoms with Gasteiger partial charge in [-0.2, -0.15) is 0 Å². The summed E-state index contributed by atoms with van der Waals surface area (Å²) in [5.41, 5.74) is 1.17. The van der Waals surface area contributed by atoms with Gasteiger partial charge < -0.3 is 10.2 Å². The molecule has 1 aromatic carbocycles. The van der Waals surface area contributed by atoms with Crippen LogP contribution >= 0.6 is 0 Å².